The number of ketones is 1. The van der Waals surface area contributed by atoms with E-state index in [4.69, 9.17) is 0 Å². The first-order valence-corrected chi connectivity index (χ1v) is 5.95. The van der Waals surface area contributed by atoms with Gasteiger partial charge in [0, 0.05) is 5.56 Å². The Morgan fingerprint density at radius 2 is 1.95 bits per heavy atom. The molecule has 5 heteroatoms. The lowest BCUT2D eigenvalue weighted by molar-refractivity contribution is -0.159. The molecule has 0 heterocycles. The Balaban J connectivity index is 2.20. The number of phenols is 2. The van der Waals surface area contributed by atoms with Crippen LogP contribution < -0.4 is 0 Å². The first-order chi connectivity index (χ1) is 9.42. The Morgan fingerprint density at radius 3 is 2.65 bits per heavy atom. The van der Waals surface area contributed by atoms with Gasteiger partial charge in [0.05, 0.1) is 5.92 Å². The van der Waals surface area contributed by atoms with Crippen LogP contribution in [0, 0.1) is 5.92 Å². The van der Waals surface area contributed by atoms with Gasteiger partial charge in [-0.1, -0.05) is 30.4 Å². The molecule has 0 saturated carbocycles. The summed E-state index contributed by atoms with van der Waals surface area (Å²) in [4.78, 5) is 11.9. The van der Waals surface area contributed by atoms with Crippen molar-refractivity contribution >= 4 is 11.9 Å². The summed E-state index contributed by atoms with van der Waals surface area (Å²) in [6, 6.07) is 4.35. The van der Waals surface area contributed by atoms with Crippen molar-refractivity contribution in [3.63, 3.8) is 0 Å². The number of para-hydroxylation sites is 1. The molecule has 1 aromatic carbocycles. The van der Waals surface area contributed by atoms with Crippen molar-refractivity contribution in [2.75, 3.05) is 0 Å². The third-order valence-corrected chi connectivity index (χ3v) is 2.99. The third-order valence-electron chi connectivity index (χ3n) is 2.99. The molecule has 0 aliphatic heterocycles. The Kier molecular flexibility index (Phi) is 3.74. The third kappa shape index (κ3) is 2.79. The molecule has 20 heavy (non-hydrogen) atoms. The van der Waals surface area contributed by atoms with Crippen LogP contribution >= 0.6 is 0 Å². The second kappa shape index (κ2) is 5.32. The van der Waals surface area contributed by atoms with Crippen molar-refractivity contribution in [3.05, 3.63) is 54.1 Å². The molecule has 0 fully saturated rings. The molecule has 1 aliphatic carbocycles. The van der Waals surface area contributed by atoms with Gasteiger partial charge in [0.25, 0.3) is 0 Å². The second-order valence-corrected chi connectivity index (χ2v) is 4.46. The first-order valence-electron chi connectivity index (χ1n) is 5.95. The van der Waals surface area contributed by atoms with Crippen LogP contribution in [0.25, 0.3) is 6.08 Å². The predicted molar refractivity (Wildman–Crippen MR) is 72.8 cm³/mol. The molecule has 5 nitrogen and oxygen atoms in total. The summed E-state index contributed by atoms with van der Waals surface area (Å²) >= 11 is 0. The summed E-state index contributed by atoms with van der Waals surface area (Å²) in [5.41, 5.74) is 0.259. The van der Waals surface area contributed by atoms with Crippen LogP contribution in [0.2, 0.25) is 0 Å². The van der Waals surface area contributed by atoms with Crippen molar-refractivity contribution in [3.8, 4) is 11.5 Å². The molecule has 0 spiro atoms. The monoisotopic (exact) mass is 274 g/mol. The van der Waals surface area contributed by atoms with E-state index in [1.165, 1.54) is 36.4 Å². The molecule has 0 aromatic heterocycles. The van der Waals surface area contributed by atoms with Gasteiger partial charge in [-0.25, -0.2) is 0 Å². The van der Waals surface area contributed by atoms with Gasteiger partial charge in [0.15, 0.2) is 23.1 Å². The molecule has 2 rings (SSSR count). The first kappa shape index (κ1) is 14.0. The van der Waals surface area contributed by atoms with E-state index < -0.39 is 17.5 Å². The number of allylic oxidation sites excluding steroid dienone is 3. The Labute approximate surface area is 115 Å². The van der Waals surface area contributed by atoms with E-state index in [-0.39, 0.29) is 17.1 Å². The van der Waals surface area contributed by atoms with E-state index >= 15 is 0 Å². The van der Waals surface area contributed by atoms with Gasteiger partial charge in [-0.2, -0.15) is 0 Å². The molecule has 0 saturated heterocycles. The highest BCUT2D eigenvalue weighted by atomic mass is 16.5. The zero-order chi connectivity index (χ0) is 14.8. The van der Waals surface area contributed by atoms with Crippen molar-refractivity contribution in [1.82, 2.24) is 0 Å². The molecule has 0 bridgehead atoms. The molecule has 4 N–H and O–H groups in total. The predicted octanol–water partition coefficient (Wildman–Crippen LogP) is 1.10. The fraction of sp³-hybridized carbons (Fsp3) is 0.133. The van der Waals surface area contributed by atoms with Crippen molar-refractivity contribution < 1.29 is 25.2 Å². The highest BCUT2D eigenvalue weighted by Gasteiger charge is 2.35. The maximum atomic E-state index is 11.9. The quantitative estimate of drug-likeness (QED) is 0.376. The number of carbonyl (C=O) groups excluding carboxylic acids is 1. The number of phenolic OH excluding ortho intramolecular Hbond substituents is 2. The average Bonchev–Trinajstić information content (AvgIpc) is 2.39. The number of hydrogen-bond acceptors (Lipinski definition) is 5. The zero-order valence-electron chi connectivity index (χ0n) is 10.5. The molecule has 1 unspecified atom stereocenters. The lowest BCUT2D eigenvalue weighted by Gasteiger charge is -2.26. The van der Waals surface area contributed by atoms with Crippen molar-refractivity contribution in [2.24, 2.45) is 5.92 Å². The molecular weight excluding hydrogens is 260 g/mol. The van der Waals surface area contributed by atoms with E-state index in [0.717, 1.165) is 12.2 Å². The molecule has 1 atom stereocenters. The number of benzene rings is 1. The smallest absolute Gasteiger partial charge is 0.196 e. The van der Waals surface area contributed by atoms with Gasteiger partial charge in [-0.3, -0.25) is 4.79 Å². The van der Waals surface area contributed by atoms with E-state index in [9.17, 15) is 25.2 Å². The second-order valence-electron chi connectivity index (χ2n) is 4.46. The topological polar surface area (TPSA) is 98.0 Å². The summed E-state index contributed by atoms with van der Waals surface area (Å²) < 4.78 is 0. The summed E-state index contributed by atoms with van der Waals surface area (Å²) in [7, 11) is 0. The van der Waals surface area contributed by atoms with Gasteiger partial charge in [-0.15, -0.1) is 0 Å². The van der Waals surface area contributed by atoms with Crippen molar-refractivity contribution in [2.45, 2.75) is 5.79 Å². The summed E-state index contributed by atoms with van der Waals surface area (Å²) in [6.45, 7) is 0. The number of aromatic hydroxyl groups is 2. The largest absolute Gasteiger partial charge is 0.504 e. The maximum absolute atomic E-state index is 11.9. The van der Waals surface area contributed by atoms with Crippen LogP contribution in [0.5, 0.6) is 11.5 Å². The van der Waals surface area contributed by atoms with Crippen LogP contribution in [-0.4, -0.2) is 32.0 Å². The van der Waals surface area contributed by atoms with Crippen molar-refractivity contribution in [1.29, 1.82) is 0 Å². The summed E-state index contributed by atoms with van der Waals surface area (Å²) in [5, 5.41) is 38.3. The number of aliphatic hydroxyl groups is 2. The molecular formula is C15H14O5. The minimum absolute atomic E-state index is 0.259. The molecule has 104 valence electrons. The van der Waals surface area contributed by atoms with Gasteiger partial charge in [-0.05, 0) is 24.3 Å². The fourth-order valence-corrected chi connectivity index (χ4v) is 1.88. The maximum Gasteiger partial charge on any atom is 0.196 e. The molecule has 0 amide bonds. The lowest BCUT2D eigenvalue weighted by Crippen LogP contribution is -2.39. The Hall–Kier alpha value is -2.37. The normalized spacial score (nSPS) is 20.4. The van der Waals surface area contributed by atoms with Crippen LogP contribution in [0.4, 0.5) is 0 Å². The number of rotatable bonds is 3. The van der Waals surface area contributed by atoms with Gasteiger partial charge >= 0.3 is 0 Å². The average molecular weight is 274 g/mol. The van der Waals surface area contributed by atoms with E-state index in [2.05, 4.69) is 0 Å². The minimum Gasteiger partial charge on any atom is -0.504 e. The summed E-state index contributed by atoms with van der Waals surface area (Å²) in [5.74, 6) is -4.49. The van der Waals surface area contributed by atoms with Crippen LogP contribution in [-0.2, 0) is 4.79 Å². The Bertz CT molecular complexity index is 611. The summed E-state index contributed by atoms with van der Waals surface area (Å²) in [6.07, 6.45) is 7.93. The fourth-order valence-electron chi connectivity index (χ4n) is 1.88. The highest BCUT2D eigenvalue weighted by molar-refractivity contribution is 5.97. The minimum atomic E-state index is -2.23. The van der Waals surface area contributed by atoms with E-state index in [1.807, 2.05) is 0 Å². The SMILES string of the molecule is O=C(C=Cc1cccc(O)c1O)C1C=CC=CC1(O)O. The van der Waals surface area contributed by atoms with Gasteiger partial charge in [0.2, 0.25) is 0 Å². The van der Waals surface area contributed by atoms with Crippen LogP contribution in [0.3, 0.4) is 0 Å². The lowest BCUT2D eigenvalue weighted by atomic mass is 9.89. The van der Waals surface area contributed by atoms with Crippen LogP contribution in [0.1, 0.15) is 5.56 Å². The standard InChI is InChI=1S/C15H14O5/c16-12(11-5-1-2-9-15(11,19)20)8-7-10-4-3-6-13(17)14(10)18/h1-9,11,17-20H. The van der Waals surface area contributed by atoms with Crippen LogP contribution in [0.15, 0.2) is 48.6 Å². The van der Waals surface area contributed by atoms with Gasteiger partial charge < -0.3 is 20.4 Å². The molecule has 1 aliphatic rings. The molecule has 0 radical (unpaired) electrons. The zero-order valence-corrected chi connectivity index (χ0v) is 10.5. The number of carbonyl (C=O) groups is 1. The Morgan fingerprint density at radius 1 is 1.20 bits per heavy atom. The van der Waals surface area contributed by atoms with E-state index in [0.29, 0.717) is 0 Å². The van der Waals surface area contributed by atoms with E-state index in [1.54, 1.807) is 6.08 Å². The van der Waals surface area contributed by atoms with Gasteiger partial charge in [0.1, 0.15) is 0 Å². The highest BCUT2D eigenvalue weighted by Crippen LogP contribution is 2.29. The molecule has 1 aromatic rings. The number of hydrogen-bond donors (Lipinski definition) is 4.